The monoisotopic (exact) mass is 278 g/mol. The Morgan fingerprint density at radius 1 is 1.25 bits per heavy atom. The number of rotatable bonds is 2. The molecule has 1 unspecified atom stereocenters. The third kappa shape index (κ3) is 1.57. The molecule has 2 saturated carbocycles. The van der Waals surface area contributed by atoms with E-state index in [-0.39, 0.29) is 22.5 Å². The van der Waals surface area contributed by atoms with Gasteiger partial charge in [-0.2, -0.15) is 0 Å². The zero-order valence-electron chi connectivity index (χ0n) is 12.9. The smallest absolute Gasteiger partial charge is 0.173 e. The fraction of sp³-hybridized carbons (Fsp3) is 0.824. The summed E-state index contributed by atoms with van der Waals surface area (Å²) in [6.07, 6.45) is 6.18. The first kappa shape index (κ1) is 14.3. The molecule has 0 N–H and O–H groups in total. The molecule has 3 heteroatoms. The Kier molecular flexibility index (Phi) is 3.15. The molecular weight excluding hydrogens is 252 g/mol. The Morgan fingerprint density at radius 2 is 1.90 bits per heavy atom. The third-order valence-corrected chi connectivity index (χ3v) is 6.56. The van der Waals surface area contributed by atoms with Gasteiger partial charge >= 0.3 is 0 Å². The predicted octanol–water partition coefficient (Wildman–Crippen LogP) is 3.34. The van der Waals surface area contributed by atoms with Crippen molar-refractivity contribution >= 4 is 5.78 Å². The highest BCUT2D eigenvalue weighted by Crippen LogP contribution is 2.67. The summed E-state index contributed by atoms with van der Waals surface area (Å²) in [7, 11) is 0. The van der Waals surface area contributed by atoms with E-state index < -0.39 is 5.79 Å². The number of ketones is 1. The second-order valence-electron chi connectivity index (χ2n) is 7.16. The molecule has 3 rings (SSSR count). The van der Waals surface area contributed by atoms with Crippen molar-refractivity contribution in [1.82, 2.24) is 0 Å². The van der Waals surface area contributed by atoms with Gasteiger partial charge in [-0.15, -0.1) is 6.58 Å². The van der Waals surface area contributed by atoms with Crippen LogP contribution in [-0.2, 0) is 14.3 Å². The number of hydrogen-bond acceptors (Lipinski definition) is 3. The van der Waals surface area contributed by atoms with Crippen LogP contribution in [0.4, 0.5) is 0 Å². The van der Waals surface area contributed by atoms with Crippen LogP contribution in [0, 0.1) is 22.7 Å². The summed E-state index contributed by atoms with van der Waals surface area (Å²) >= 11 is 0. The number of ether oxygens (including phenoxy) is 2. The second kappa shape index (κ2) is 4.41. The lowest BCUT2D eigenvalue weighted by atomic mass is 9.50. The van der Waals surface area contributed by atoms with Crippen LogP contribution in [0.25, 0.3) is 0 Å². The molecule has 0 aromatic rings. The Morgan fingerprint density at radius 3 is 2.45 bits per heavy atom. The van der Waals surface area contributed by atoms with Crippen LogP contribution in [0.3, 0.4) is 0 Å². The van der Waals surface area contributed by atoms with Crippen molar-refractivity contribution < 1.29 is 14.3 Å². The molecule has 0 radical (unpaired) electrons. The highest BCUT2D eigenvalue weighted by Gasteiger charge is 2.68. The number of allylic oxidation sites excluding steroid dienone is 1. The van der Waals surface area contributed by atoms with Gasteiger partial charge in [0.2, 0.25) is 0 Å². The predicted molar refractivity (Wildman–Crippen MR) is 77.2 cm³/mol. The molecule has 3 fully saturated rings. The number of carbonyl (C=O) groups is 1. The molecule has 2 aliphatic carbocycles. The van der Waals surface area contributed by atoms with Gasteiger partial charge in [0.25, 0.3) is 0 Å². The minimum atomic E-state index is -0.552. The Balaban J connectivity index is 2.14. The van der Waals surface area contributed by atoms with E-state index in [1.54, 1.807) is 6.92 Å². The average Bonchev–Trinajstić information content (AvgIpc) is 3.02. The maximum absolute atomic E-state index is 12.5. The van der Waals surface area contributed by atoms with Gasteiger partial charge in [-0.3, -0.25) is 4.79 Å². The molecule has 3 aliphatic rings. The first-order valence-electron chi connectivity index (χ1n) is 7.84. The summed E-state index contributed by atoms with van der Waals surface area (Å²) in [6, 6.07) is 0. The van der Waals surface area contributed by atoms with Gasteiger partial charge in [0.1, 0.15) is 5.78 Å². The topological polar surface area (TPSA) is 35.5 Å². The highest BCUT2D eigenvalue weighted by molar-refractivity contribution is 5.83. The molecule has 0 aromatic carbocycles. The lowest BCUT2D eigenvalue weighted by Crippen LogP contribution is -2.57. The number of Topliss-reactive ketones (excluding diaryl/α,β-unsaturated/α-hetero) is 1. The van der Waals surface area contributed by atoms with E-state index in [1.807, 2.05) is 0 Å². The van der Waals surface area contributed by atoms with Gasteiger partial charge in [-0.1, -0.05) is 19.9 Å². The molecule has 4 atom stereocenters. The van der Waals surface area contributed by atoms with Gasteiger partial charge in [-0.05, 0) is 37.5 Å². The molecule has 1 heterocycles. The first-order valence-corrected chi connectivity index (χ1v) is 7.84. The quantitative estimate of drug-likeness (QED) is 0.727. The Labute approximate surface area is 121 Å². The molecule has 0 aromatic heterocycles. The summed E-state index contributed by atoms with van der Waals surface area (Å²) < 4.78 is 12.1. The molecule has 1 spiro atoms. The molecule has 0 amide bonds. The van der Waals surface area contributed by atoms with Crippen molar-refractivity contribution in [3.63, 3.8) is 0 Å². The highest BCUT2D eigenvalue weighted by atomic mass is 16.7. The minimum absolute atomic E-state index is 0.00271. The third-order valence-electron chi connectivity index (χ3n) is 6.56. The van der Waals surface area contributed by atoms with Crippen molar-refractivity contribution in [1.29, 1.82) is 0 Å². The summed E-state index contributed by atoms with van der Waals surface area (Å²) in [5.41, 5.74) is -0.384. The van der Waals surface area contributed by atoms with Crippen molar-refractivity contribution in [3.05, 3.63) is 12.7 Å². The van der Waals surface area contributed by atoms with Crippen molar-refractivity contribution in [2.45, 2.75) is 52.2 Å². The zero-order valence-corrected chi connectivity index (χ0v) is 12.9. The van der Waals surface area contributed by atoms with Crippen LogP contribution in [-0.4, -0.2) is 24.8 Å². The molecule has 1 saturated heterocycles. The van der Waals surface area contributed by atoms with Gasteiger partial charge in [0.15, 0.2) is 5.79 Å². The van der Waals surface area contributed by atoms with E-state index >= 15 is 0 Å². The number of carbonyl (C=O) groups excluding carboxylic acids is 1. The molecule has 1 aliphatic heterocycles. The number of hydrogen-bond donors (Lipinski definition) is 0. The molecule has 0 bridgehead atoms. The molecule has 3 nitrogen and oxygen atoms in total. The molecular formula is C17H26O3. The van der Waals surface area contributed by atoms with E-state index in [9.17, 15) is 4.79 Å². The lowest BCUT2D eigenvalue weighted by Gasteiger charge is -2.54. The van der Waals surface area contributed by atoms with E-state index in [2.05, 4.69) is 26.5 Å². The molecule has 20 heavy (non-hydrogen) atoms. The largest absolute Gasteiger partial charge is 0.347 e. The number of fused-ring (bicyclic) bond motifs is 2. The summed E-state index contributed by atoms with van der Waals surface area (Å²) in [6.45, 7) is 11.5. The van der Waals surface area contributed by atoms with Crippen LogP contribution in [0.15, 0.2) is 12.7 Å². The average molecular weight is 278 g/mol. The van der Waals surface area contributed by atoms with Crippen LogP contribution in [0.2, 0.25) is 0 Å². The van der Waals surface area contributed by atoms with Crippen molar-refractivity contribution in [3.8, 4) is 0 Å². The van der Waals surface area contributed by atoms with Gasteiger partial charge in [-0.25, -0.2) is 0 Å². The fourth-order valence-electron chi connectivity index (χ4n) is 5.18. The van der Waals surface area contributed by atoms with Gasteiger partial charge in [0, 0.05) is 17.8 Å². The van der Waals surface area contributed by atoms with Crippen LogP contribution >= 0.6 is 0 Å². The van der Waals surface area contributed by atoms with E-state index in [1.165, 1.54) is 0 Å². The summed E-state index contributed by atoms with van der Waals surface area (Å²) in [5.74, 6) is 0.175. The van der Waals surface area contributed by atoms with Crippen molar-refractivity contribution in [2.75, 3.05) is 13.2 Å². The van der Waals surface area contributed by atoms with Gasteiger partial charge < -0.3 is 9.47 Å². The summed E-state index contributed by atoms with van der Waals surface area (Å²) in [4.78, 5) is 12.5. The van der Waals surface area contributed by atoms with E-state index in [0.29, 0.717) is 19.1 Å². The first-order chi connectivity index (χ1) is 9.41. The fourth-order valence-corrected chi connectivity index (χ4v) is 5.18. The Hall–Kier alpha value is -0.670. The van der Waals surface area contributed by atoms with E-state index in [4.69, 9.17) is 9.47 Å². The normalized spacial score (nSPS) is 46.4. The SMILES string of the molecule is C=C[C@@]12CC[C@@H](C)[C@@](C)(C(C)=O)C1C1(CC2)OCCO1. The summed E-state index contributed by atoms with van der Waals surface area (Å²) in [5, 5.41) is 0. The minimum Gasteiger partial charge on any atom is -0.347 e. The van der Waals surface area contributed by atoms with Crippen LogP contribution in [0.1, 0.15) is 46.5 Å². The van der Waals surface area contributed by atoms with Crippen LogP contribution in [0.5, 0.6) is 0 Å². The van der Waals surface area contributed by atoms with Gasteiger partial charge in [0.05, 0.1) is 13.2 Å². The standard InChI is InChI=1S/C17H26O3/c1-5-16-7-6-12(2)15(4,13(3)18)14(16)17(9-8-16)19-10-11-20-17/h5,12,14H,1,6-11H2,2-4H3/t12-,14?,15+,16+/m1/s1. The maximum Gasteiger partial charge on any atom is 0.173 e. The lowest BCUT2D eigenvalue weighted by molar-refractivity contribution is -0.232. The van der Waals surface area contributed by atoms with Crippen molar-refractivity contribution in [2.24, 2.45) is 22.7 Å². The zero-order chi connectivity index (χ0) is 14.6. The van der Waals surface area contributed by atoms with Crippen LogP contribution < -0.4 is 0 Å². The van der Waals surface area contributed by atoms with E-state index in [0.717, 1.165) is 25.7 Å². The second-order valence-corrected chi connectivity index (χ2v) is 7.16. The Bertz CT molecular complexity index is 438. The molecule has 112 valence electrons. The maximum atomic E-state index is 12.5.